The molecule has 0 aliphatic carbocycles. The number of nitrogens with one attached hydrogen (secondary N) is 1. The monoisotopic (exact) mass is 289 g/mol. The summed E-state index contributed by atoms with van der Waals surface area (Å²) in [6, 6.07) is 7.50. The first kappa shape index (κ1) is 16.3. The molecule has 1 aliphatic rings. The van der Waals surface area contributed by atoms with E-state index < -0.39 is 0 Å². The molecule has 1 heterocycles. The Labute approximate surface area is 130 Å². The van der Waals surface area contributed by atoms with Crippen LogP contribution in [0.3, 0.4) is 0 Å². The Morgan fingerprint density at radius 1 is 1.29 bits per heavy atom. The van der Waals surface area contributed by atoms with Crippen LogP contribution in [0, 0.1) is 5.92 Å². The smallest absolute Gasteiger partial charge is 0.0397 e. The first-order valence-electron chi connectivity index (χ1n) is 8.16. The Morgan fingerprint density at radius 2 is 2.05 bits per heavy atom. The molecule has 0 aromatic heterocycles. The number of hydrogen-bond donors (Lipinski definition) is 1. The molecular weight excluding hydrogens is 258 g/mol. The third-order valence-corrected chi connectivity index (χ3v) is 4.21. The summed E-state index contributed by atoms with van der Waals surface area (Å²) >= 11 is 0. The molecule has 0 saturated carbocycles. The third-order valence-electron chi connectivity index (χ3n) is 4.21. The lowest BCUT2D eigenvalue weighted by molar-refractivity contribution is 0.305. The summed E-state index contributed by atoms with van der Waals surface area (Å²) in [6.07, 6.45) is 2.42. The Hall–Kier alpha value is -1.06. The molecule has 1 unspecified atom stereocenters. The SMILES string of the molecule is CC(C)CC(CN(C)C)NCc1ccc2c(c1)CCN2C. The lowest BCUT2D eigenvalue weighted by Gasteiger charge is -2.24. The van der Waals surface area contributed by atoms with Crippen LogP contribution in [-0.4, -0.2) is 45.2 Å². The van der Waals surface area contributed by atoms with Gasteiger partial charge in [-0.05, 0) is 50.0 Å². The highest BCUT2D eigenvalue weighted by atomic mass is 15.1. The molecule has 0 amide bonds. The molecule has 1 aromatic carbocycles. The Balaban J connectivity index is 1.94. The summed E-state index contributed by atoms with van der Waals surface area (Å²) in [5.41, 5.74) is 4.33. The number of hydrogen-bond acceptors (Lipinski definition) is 3. The van der Waals surface area contributed by atoms with Gasteiger partial charge in [0.1, 0.15) is 0 Å². The molecule has 2 rings (SSSR count). The third kappa shape index (κ3) is 4.72. The van der Waals surface area contributed by atoms with Gasteiger partial charge >= 0.3 is 0 Å². The van der Waals surface area contributed by atoms with Crippen LogP contribution in [0.4, 0.5) is 5.69 Å². The van der Waals surface area contributed by atoms with Crippen LogP contribution < -0.4 is 10.2 Å². The van der Waals surface area contributed by atoms with E-state index in [1.165, 1.54) is 29.7 Å². The van der Waals surface area contributed by atoms with E-state index in [9.17, 15) is 0 Å². The fraction of sp³-hybridized carbons (Fsp3) is 0.667. The second-order valence-corrected chi connectivity index (χ2v) is 7.10. The van der Waals surface area contributed by atoms with E-state index >= 15 is 0 Å². The second-order valence-electron chi connectivity index (χ2n) is 7.10. The number of anilines is 1. The maximum absolute atomic E-state index is 3.75. The minimum absolute atomic E-state index is 0.566. The van der Waals surface area contributed by atoms with Gasteiger partial charge in [-0.15, -0.1) is 0 Å². The molecular formula is C18H31N3. The summed E-state index contributed by atoms with van der Waals surface area (Å²) in [5, 5.41) is 3.75. The average molecular weight is 289 g/mol. The maximum Gasteiger partial charge on any atom is 0.0397 e. The van der Waals surface area contributed by atoms with E-state index in [-0.39, 0.29) is 0 Å². The van der Waals surface area contributed by atoms with Gasteiger partial charge in [0.25, 0.3) is 0 Å². The maximum atomic E-state index is 3.75. The van der Waals surface area contributed by atoms with Crippen LogP contribution in [-0.2, 0) is 13.0 Å². The highest BCUT2D eigenvalue weighted by molar-refractivity contribution is 5.58. The Bertz CT molecular complexity index is 444. The Kier molecular flexibility index (Phi) is 5.65. The normalized spacial score (nSPS) is 15.9. The molecule has 21 heavy (non-hydrogen) atoms. The van der Waals surface area contributed by atoms with Gasteiger partial charge < -0.3 is 15.1 Å². The number of likely N-dealkylation sites (N-methyl/N-ethyl adjacent to an activating group) is 2. The first-order chi connectivity index (χ1) is 9.95. The summed E-state index contributed by atoms with van der Waals surface area (Å²) in [4.78, 5) is 4.62. The molecule has 3 heteroatoms. The summed E-state index contributed by atoms with van der Waals surface area (Å²) in [7, 11) is 6.49. The van der Waals surface area contributed by atoms with Crippen molar-refractivity contribution < 1.29 is 0 Å². The van der Waals surface area contributed by atoms with Crippen molar-refractivity contribution in [2.75, 3.05) is 39.1 Å². The standard InChI is InChI=1S/C18H31N3/c1-14(2)10-17(13-20(3)4)19-12-15-6-7-18-16(11-15)8-9-21(18)5/h6-7,11,14,17,19H,8-10,12-13H2,1-5H3. The van der Waals surface area contributed by atoms with Crippen molar-refractivity contribution in [3.63, 3.8) is 0 Å². The van der Waals surface area contributed by atoms with Crippen LogP contribution in [0.15, 0.2) is 18.2 Å². The van der Waals surface area contributed by atoms with Gasteiger partial charge in [0.15, 0.2) is 0 Å². The topological polar surface area (TPSA) is 18.5 Å². The number of benzene rings is 1. The molecule has 1 N–H and O–H groups in total. The highest BCUT2D eigenvalue weighted by Gasteiger charge is 2.16. The van der Waals surface area contributed by atoms with Crippen LogP contribution >= 0.6 is 0 Å². The molecule has 0 spiro atoms. The zero-order valence-electron chi connectivity index (χ0n) is 14.3. The second kappa shape index (κ2) is 7.28. The van der Waals surface area contributed by atoms with E-state index in [2.05, 4.69) is 68.3 Å². The number of fused-ring (bicyclic) bond motifs is 1. The van der Waals surface area contributed by atoms with Crippen molar-refractivity contribution in [2.45, 2.75) is 39.3 Å². The predicted octanol–water partition coefficient (Wildman–Crippen LogP) is 2.74. The van der Waals surface area contributed by atoms with Gasteiger partial charge in [-0.2, -0.15) is 0 Å². The minimum Gasteiger partial charge on any atom is -0.374 e. The van der Waals surface area contributed by atoms with Gasteiger partial charge in [-0.1, -0.05) is 26.0 Å². The molecule has 0 fully saturated rings. The number of nitrogens with zero attached hydrogens (tertiary/aromatic N) is 2. The molecule has 0 radical (unpaired) electrons. The quantitative estimate of drug-likeness (QED) is 0.832. The van der Waals surface area contributed by atoms with Gasteiger partial charge in [0, 0.05) is 38.4 Å². The predicted molar refractivity (Wildman–Crippen MR) is 92.1 cm³/mol. The molecule has 0 bridgehead atoms. The van der Waals surface area contributed by atoms with Crippen LogP contribution in [0.2, 0.25) is 0 Å². The van der Waals surface area contributed by atoms with Crippen molar-refractivity contribution in [1.29, 1.82) is 0 Å². The van der Waals surface area contributed by atoms with Crippen molar-refractivity contribution in [3.05, 3.63) is 29.3 Å². The molecule has 1 aromatic rings. The van der Waals surface area contributed by atoms with E-state index in [0.29, 0.717) is 6.04 Å². The van der Waals surface area contributed by atoms with E-state index in [0.717, 1.165) is 25.6 Å². The summed E-state index contributed by atoms with van der Waals surface area (Å²) in [5.74, 6) is 0.733. The molecule has 0 saturated heterocycles. The molecule has 118 valence electrons. The average Bonchev–Trinajstić information content (AvgIpc) is 2.76. The van der Waals surface area contributed by atoms with Gasteiger partial charge in [-0.3, -0.25) is 0 Å². The fourth-order valence-corrected chi connectivity index (χ4v) is 3.22. The van der Waals surface area contributed by atoms with Crippen molar-refractivity contribution in [1.82, 2.24) is 10.2 Å². The van der Waals surface area contributed by atoms with Crippen LogP contribution in [0.25, 0.3) is 0 Å². The summed E-state index contributed by atoms with van der Waals surface area (Å²) in [6.45, 7) is 7.84. The first-order valence-corrected chi connectivity index (χ1v) is 8.16. The van der Waals surface area contributed by atoms with E-state index in [4.69, 9.17) is 0 Å². The van der Waals surface area contributed by atoms with Crippen LogP contribution in [0.1, 0.15) is 31.4 Å². The van der Waals surface area contributed by atoms with Crippen molar-refractivity contribution >= 4 is 5.69 Å². The zero-order chi connectivity index (χ0) is 15.4. The Morgan fingerprint density at radius 3 is 2.71 bits per heavy atom. The zero-order valence-corrected chi connectivity index (χ0v) is 14.3. The lowest BCUT2D eigenvalue weighted by Crippen LogP contribution is -2.38. The van der Waals surface area contributed by atoms with Crippen molar-refractivity contribution in [2.24, 2.45) is 5.92 Å². The molecule has 1 atom stereocenters. The minimum atomic E-state index is 0.566. The van der Waals surface area contributed by atoms with E-state index in [1.807, 2.05) is 0 Å². The summed E-state index contributed by atoms with van der Waals surface area (Å²) < 4.78 is 0. The van der Waals surface area contributed by atoms with E-state index in [1.54, 1.807) is 0 Å². The highest BCUT2D eigenvalue weighted by Crippen LogP contribution is 2.27. The molecule has 3 nitrogen and oxygen atoms in total. The largest absolute Gasteiger partial charge is 0.374 e. The molecule has 1 aliphatic heterocycles. The van der Waals surface area contributed by atoms with Gasteiger partial charge in [-0.25, -0.2) is 0 Å². The lowest BCUT2D eigenvalue weighted by atomic mass is 10.0. The van der Waals surface area contributed by atoms with Crippen LogP contribution in [0.5, 0.6) is 0 Å². The number of rotatable bonds is 7. The fourth-order valence-electron chi connectivity index (χ4n) is 3.22. The van der Waals surface area contributed by atoms with Gasteiger partial charge in [0.05, 0.1) is 0 Å². The van der Waals surface area contributed by atoms with Crippen molar-refractivity contribution in [3.8, 4) is 0 Å². The van der Waals surface area contributed by atoms with Gasteiger partial charge in [0.2, 0.25) is 0 Å².